The number of benzene rings is 3. The maximum absolute atomic E-state index is 13.3. The van der Waals surface area contributed by atoms with Crippen LogP contribution >= 0.6 is 0 Å². The second-order valence-electron chi connectivity index (χ2n) is 15.4. The van der Waals surface area contributed by atoms with Crippen LogP contribution < -0.4 is 14.4 Å². The summed E-state index contributed by atoms with van der Waals surface area (Å²) in [5, 5.41) is 18.0. The zero-order chi connectivity index (χ0) is 38.0. The first-order valence-corrected chi connectivity index (χ1v) is 20.0. The molecule has 0 N–H and O–H groups in total. The van der Waals surface area contributed by atoms with Gasteiger partial charge in [-0.25, -0.2) is 9.48 Å². The van der Waals surface area contributed by atoms with E-state index >= 15 is 0 Å². The number of carbonyl (C=O) groups excluding carboxylic acids is 1. The van der Waals surface area contributed by atoms with Gasteiger partial charge in [-0.1, -0.05) is 54.6 Å². The predicted molar refractivity (Wildman–Crippen MR) is 211 cm³/mol. The number of amides is 1. The number of nitriles is 1. The van der Waals surface area contributed by atoms with E-state index in [9.17, 15) is 10.1 Å². The van der Waals surface area contributed by atoms with Crippen LogP contribution in [0.1, 0.15) is 74.0 Å². The summed E-state index contributed by atoms with van der Waals surface area (Å²) in [6.45, 7) is 3.76. The van der Waals surface area contributed by atoms with Crippen molar-refractivity contribution >= 4 is 33.6 Å². The van der Waals surface area contributed by atoms with Crippen molar-refractivity contribution in [3.63, 3.8) is 0 Å². The van der Waals surface area contributed by atoms with Gasteiger partial charge in [-0.2, -0.15) is 20.3 Å². The highest BCUT2D eigenvalue weighted by atomic mass is 16.6. The Hall–Kier alpha value is -5.45. The molecule has 0 bridgehead atoms. The average molecular weight is 757 g/mol. The quantitative estimate of drug-likeness (QED) is 0.155. The van der Waals surface area contributed by atoms with E-state index in [4.69, 9.17) is 34.0 Å². The summed E-state index contributed by atoms with van der Waals surface area (Å²) >= 11 is 0. The predicted octanol–water partition coefficient (Wildman–Crippen LogP) is 6.96. The third kappa shape index (κ3) is 7.19. The molecule has 3 fully saturated rings. The summed E-state index contributed by atoms with van der Waals surface area (Å²) in [5.74, 6) is 1.25. The Morgan fingerprint density at radius 3 is 2.70 bits per heavy atom. The number of likely N-dealkylation sites (N-methyl/N-ethyl adjacent to an activating group) is 1. The molecule has 9 rings (SSSR count). The highest BCUT2D eigenvalue weighted by Crippen LogP contribution is 2.43. The van der Waals surface area contributed by atoms with Crippen molar-refractivity contribution in [1.29, 1.82) is 5.26 Å². The Labute approximate surface area is 326 Å². The number of hydrogen-bond donors (Lipinski definition) is 0. The van der Waals surface area contributed by atoms with Gasteiger partial charge in [0.15, 0.2) is 6.23 Å². The second kappa shape index (κ2) is 16.0. The van der Waals surface area contributed by atoms with Gasteiger partial charge in [0.1, 0.15) is 25.1 Å². The van der Waals surface area contributed by atoms with Gasteiger partial charge in [0, 0.05) is 43.2 Å². The highest BCUT2D eigenvalue weighted by molar-refractivity contribution is 6.08. The SMILES string of the molecule is CN1CCC[C@H]1COc1nc2c(c(N3CCN(C(=O)OCc4ccccc4)[C@@H](CC#N)C3)n1)CCC(c1cccc3ccc4c(cnn4C4CCCCO4)c13)O2. The van der Waals surface area contributed by atoms with Crippen molar-refractivity contribution < 1.29 is 23.7 Å². The normalized spacial score (nSPS) is 22.8. The van der Waals surface area contributed by atoms with E-state index in [1.807, 2.05) is 41.2 Å². The lowest BCUT2D eigenvalue weighted by Gasteiger charge is -2.41. The molecule has 5 aromatic rings. The number of ether oxygens (including phenoxy) is 4. The van der Waals surface area contributed by atoms with E-state index in [2.05, 4.69) is 53.2 Å². The second-order valence-corrected chi connectivity index (χ2v) is 15.4. The molecule has 3 saturated heterocycles. The van der Waals surface area contributed by atoms with Gasteiger partial charge in [-0.3, -0.25) is 0 Å². The van der Waals surface area contributed by atoms with Gasteiger partial charge < -0.3 is 33.6 Å². The zero-order valence-corrected chi connectivity index (χ0v) is 31.9. The van der Waals surface area contributed by atoms with Crippen molar-refractivity contribution in [3.05, 3.63) is 83.6 Å². The summed E-state index contributed by atoms with van der Waals surface area (Å²) in [6, 6.07) is 22.8. The molecule has 0 radical (unpaired) electrons. The van der Waals surface area contributed by atoms with Crippen molar-refractivity contribution in [1.82, 2.24) is 29.5 Å². The first-order valence-electron chi connectivity index (χ1n) is 20.0. The van der Waals surface area contributed by atoms with E-state index < -0.39 is 6.09 Å². The van der Waals surface area contributed by atoms with E-state index in [0.717, 1.165) is 95.9 Å². The molecule has 0 aliphatic carbocycles. The minimum Gasteiger partial charge on any atom is -0.469 e. The van der Waals surface area contributed by atoms with Crippen molar-refractivity contribution in [2.24, 2.45) is 0 Å². The molecule has 6 heterocycles. The van der Waals surface area contributed by atoms with Gasteiger partial charge in [-0.15, -0.1) is 0 Å². The molecule has 13 nitrogen and oxygen atoms in total. The standard InChI is InChI=1S/C43H48N8O5/c1-48-21-8-12-32(48)28-54-42-46-40(49-22-23-50(31(26-49)19-20-44)43(52)55-27-29-9-3-2-4-10-29)34-16-18-37(56-41(34)47-42)33-13-7-11-30-15-17-36-35(39(30)33)25-45-51(36)38-14-5-6-24-53-38/h2-4,7,9-11,13,15,17,25,31-32,37-38H,5-6,8,12,14,16,18-19,21-24,26-28H2,1H3/t31-,32-,37?,38?/m0/s1. The number of piperazine rings is 1. The minimum atomic E-state index is -0.421. The Balaban J connectivity index is 1.01. The van der Waals surface area contributed by atoms with Crippen LogP contribution in [0.3, 0.4) is 0 Å². The first-order chi connectivity index (χ1) is 27.5. The van der Waals surface area contributed by atoms with Crippen molar-refractivity contribution in [3.8, 4) is 18.0 Å². The molecule has 13 heteroatoms. The van der Waals surface area contributed by atoms with Gasteiger partial charge >= 0.3 is 12.1 Å². The number of nitrogens with zero attached hydrogens (tertiary/aromatic N) is 8. The topological polar surface area (TPSA) is 131 Å². The van der Waals surface area contributed by atoms with Crippen LogP contribution in [0.15, 0.2) is 66.9 Å². The summed E-state index contributed by atoms with van der Waals surface area (Å²) in [4.78, 5) is 29.4. The Morgan fingerprint density at radius 2 is 1.88 bits per heavy atom. The molecular formula is C43H48N8O5. The molecule has 2 aromatic heterocycles. The van der Waals surface area contributed by atoms with Crippen molar-refractivity contribution in [2.75, 3.05) is 51.3 Å². The molecule has 1 amide bonds. The highest BCUT2D eigenvalue weighted by Gasteiger charge is 2.36. The fraction of sp³-hybridized carbons (Fsp3) is 0.465. The Bertz CT molecular complexity index is 2230. The molecule has 2 unspecified atom stereocenters. The molecule has 290 valence electrons. The summed E-state index contributed by atoms with van der Waals surface area (Å²) < 4.78 is 27.1. The van der Waals surface area contributed by atoms with Crippen molar-refractivity contribution in [2.45, 2.75) is 82.4 Å². The van der Waals surface area contributed by atoms with Gasteiger partial charge in [0.2, 0.25) is 5.88 Å². The fourth-order valence-electron chi connectivity index (χ4n) is 8.85. The molecular weight excluding hydrogens is 709 g/mol. The molecule has 4 aliphatic rings. The maximum Gasteiger partial charge on any atom is 0.410 e. The first kappa shape index (κ1) is 36.2. The van der Waals surface area contributed by atoms with Crippen LogP contribution in [0, 0.1) is 11.3 Å². The third-order valence-electron chi connectivity index (χ3n) is 11.9. The number of anilines is 1. The number of aromatic nitrogens is 4. The monoisotopic (exact) mass is 756 g/mol. The number of rotatable bonds is 9. The average Bonchev–Trinajstić information content (AvgIpc) is 3.88. The minimum absolute atomic E-state index is 0.0595. The van der Waals surface area contributed by atoms with Gasteiger partial charge in [0.05, 0.1) is 35.8 Å². The lowest BCUT2D eigenvalue weighted by atomic mass is 9.93. The number of likely N-dealkylation sites (tertiary alicyclic amines) is 1. The Kier molecular flexibility index (Phi) is 10.3. The smallest absolute Gasteiger partial charge is 0.410 e. The van der Waals surface area contributed by atoms with Gasteiger partial charge in [-0.05, 0) is 80.9 Å². The van der Waals surface area contributed by atoms with E-state index in [-0.39, 0.29) is 43.5 Å². The van der Waals surface area contributed by atoms with Crippen LogP contribution in [0.4, 0.5) is 10.6 Å². The Morgan fingerprint density at radius 1 is 0.964 bits per heavy atom. The summed E-state index contributed by atoms with van der Waals surface area (Å²) in [5.41, 5.74) is 3.97. The number of fused-ring (bicyclic) bond motifs is 4. The molecule has 56 heavy (non-hydrogen) atoms. The molecule has 0 saturated carbocycles. The van der Waals surface area contributed by atoms with Crippen LogP contribution in [-0.2, 0) is 22.5 Å². The fourth-order valence-corrected chi connectivity index (χ4v) is 8.85. The molecule has 4 atom stereocenters. The van der Waals surface area contributed by atoms with Crippen LogP contribution in [-0.4, -0.2) is 94.2 Å². The number of carbonyl (C=O) groups is 1. The zero-order valence-electron chi connectivity index (χ0n) is 31.9. The van der Waals surface area contributed by atoms with Crippen LogP contribution in [0.25, 0.3) is 21.7 Å². The van der Waals surface area contributed by atoms with Gasteiger partial charge in [0.25, 0.3) is 0 Å². The lowest BCUT2D eigenvalue weighted by Crippen LogP contribution is -2.55. The third-order valence-corrected chi connectivity index (χ3v) is 11.9. The summed E-state index contributed by atoms with van der Waals surface area (Å²) in [7, 11) is 2.13. The molecule has 3 aromatic carbocycles. The van der Waals surface area contributed by atoms with E-state index in [1.165, 1.54) is 0 Å². The maximum atomic E-state index is 13.3. The number of hydrogen-bond acceptors (Lipinski definition) is 11. The largest absolute Gasteiger partial charge is 0.469 e. The van der Waals surface area contributed by atoms with Crippen LogP contribution in [0.2, 0.25) is 0 Å². The van der Waals surface area contributed by atoms with Crippen LogP contribution in [0.5, 0.6) is 11.9 Å². The molecule has 0 spiro atoms. The summed E-state index contributed by atoms with van der Waals surface area (Å²) in [6.07, 6.45) is 8.16. The lowest BCUT2D eigenvalue weighted by molar-refractivity contribution is -0.0366. The van der Waals surface area contributed by atoms with E-state index in [0.29, 0.717) is 38.5 Å². The van der Waals surface area contributed by atoms with E-state index in [1.54, 1.807) is 4.90 Å². The molecule has 4 aliphatic heterocycles.